The second-order valence-electron chi connectivity index (χ2n) is 7.50. The number of para-hydroxylation sites is 2. The third-order valence-electron chi connectivity index (χ3n) is 5.02. The van der Waals surface area contributed by atoms with E-state index in [1.807, 2.05) is 42.5 Å². The molecule has 6 nitrogen and oxygen atoms in total. The second-order valence-corrected chi connectivity index (χ2v) is 7.50. The molecule has 33 heavy (non-hydrogen) atoms. The van der Waals surface area contributed by atoms with Crippen molar-refractivity contribution in [2.75, 3.05) is 11.9 Å². The van der Waals surface area contributed by atoms with E-state index in [1.165, 1.54) is 17.7 Å². The van der Waals surface area contributed by atoms with Crippen molar-refractivity contribution in [3.8, 4) is 17.1 Å². The normalized spacial score (nSPS) is 10.7. The molecule has 0 bridgehead atoms. The molecule has 0 atom stereocenters. The Morgan fingerprint density at radius 3 is 2.52 bits per heavy atom. The standard InChI is InChI=1S/C26H24FN3O3/c27-21-15-13-20(14-16-21)26-29-25(33-30-26)12-6-11-24(31)28-22-9-4-5-10-23(22)32-18-17-19-7-2-1-3-8-19/h1-5,7-10,13-16H,6,11-12,17-18H2,(H,28,31). The van der Waals surface area contributed by atoms with Gasteiger partial charge in [-0.15, -0.1) is 0 Å². The summed E-state index contributed by atoms with van der Waals surface area (Å²) in [6, 6.07) is 23.4. The van der Waals surface area contributed by atoms with Crippen LogP contribution < -0.4 is 10.1 Å². The van der Waals surface area contributed by atoms with Crippen molar-refractivity contribution in [3.05, 3.63) is 96.1 Å². The first-order chi connectivity index (χ1) is 16.2. The van der Waals surface area contributed by atoms with E-state index in [4.69, 9.17) is 9.26 Å². The second kappa shape index (κ2) is 11.0. The molecule has 4 aromatic rings. The van der Waals surface area contributed by atoms with Crippen molar-refractivity contribution >= 4 is 11.6 Å². The van der Waals surface area contributed by atoms with Gasteiger partial charge < -0.3 is 14.6 Å². The Hall–Kier alpha value is -4.00. The predicted molar refractivity (Wildman–Crippen MR) is 123 cm³/mol. The summed E-state index contributed by atoms with van der Waals surface area (Å²) in [5.41, 5.74) is 2.52. The van der Waals surface area contributed by atoms with E-state index in [0.29, 0.717) is 54.6 Å². The fourth-order valence-corrected chi connectivity index (χ4v) is 3.30. The highest BCUT2D eigenvalue weighted by Gasteiger charge is 2.11. The van der Waals surface area contributed by atoms with Crippen LogP contribution in [0.25, 0.3) is 11.4 Å². The number of nitrogens with zero attached hydrogens (tertiary/aromatic N) is 2. The lowest BCUT2D eigenvalue weighted by molar-refractivity contribution is -0.116. The molecular formula is C26H24FN3O3. The summed E-state index contributed by atoms with van der Waals surface area (Å²) in [6.45, 7) is 0.518. The van der Waals surface area contributed by atoms with Crippen molar-refractivity contribution in [3.63, 3.8) is 0 Å². The number of halogens is 1. The Labute approximate surface area is 191 Å². The lowest BCUT2D eigenvalue weighted by atomic mass is 10.2. The van der Waals surface area contributed by atoms with Gasteiger partial charge in [0, 0.05) is 24.8 Å². The average Bonchev–Trinajstić information content (AvgIpc) is 3.30. The molecule has 0 fully saturated rings. The Kier molecular flexibility index (Phi) is 7.43. The van der Waals surface area contributed by atoms with Gasteiger partial charge in [-0.25, -0.2) is 4.39 Å². The zero-order valence-corrected chi connectivity index (χ0v) is 18.0. The number of carbonyl (C=O) groups excluding carboxylic acids is 1. The van der Waals surface area contributed by atoms with Gasteiger partial charge in [0.15, 0.2) is 0 Å². The highest BCUT2D eigenvalue weighted by Crippen LogP contribution is 2.24. The Morgan fingerprint density at radius 2 is 1.70 bits per heavy atom. The zero-order chi connectivity index (χ0) is 22.9. The largest absolute Gasteiger partial charge is 0.491 e. The average molecular weight is 445 g/mol. The summed E-state index contributed by atoms with van der Waals surface area (Å²) in [4.78, 5) is 16.8. The molecule has 1 amide bonds. The van der Waals surface area contributed by atoms with Crippen LogP contribution in [0.1, 0.15) is 24.3 Å². The lowest BCUT2D eigenvalue weighted by Gasteiger charge is -2.12. The van der Waals surface area contributed by atoms with Crippen LogP contribution in [-0.2, 0) is 17.6 Å². The molecule has 1 aromatic heterocycles. The SMILES string of the molecule is O=C(CCCc1nc(-c2ccc(F)cc2)no1)Nc1ccccc1OCCc1ccccc1. The van der Waals surface area contributed by atoms with E-state index in [0.717, 1.165) is 6.42 Å². The van der Waals surface area contributed by atoms with Crippen LogP contribution in [0.3, 0.4) is 0 Å². The fourth-order valence-electron chi connectivity index (χ4n) is 3.30. The van der Waals surface area contributed by atoms with E-state index < -0.39 is 0 Å². The van der Waals surface area contributed by atoms with Crippen LogP contribution in [0.4, 0.5) is 10.1 Å². The summed E-state index contributed by atoms with van der Waals surface area (Å²) in [7, 11) is 0. The summed E-state index contributed by atoms with van der Waals surface area (Å²) in [5.74, 6) is 1.04. The van der Waals surface area contributed by atoms with Crippen molar-refractivity contribution < 1.29 is 18.4 Å². The summed E-state index contributed by atoms with van der Waals surface area (Å²) in [6.07, 6.45) is 2.10. The molecule has 0 unspecified atom stereocenters. The van der Waals surface area contributed by atoms with Gasteiger partial charge in [0.2, 0.25) is 17.6 Å². The molecule has 0 aliphatic heterocycles. The van der Waals surface area contributed by atoms with Crippen LogP contribution in [0.5, 0.6) is 5.75 Å². The summed E-state index contributed by atoms with van der Waals surface area (Å²) in [5, 5.41) is 6.83. The highest BCUT2D eigenvalue weighted by atomic mass is 19.1. The molecule has 0 spiro atoms. The van der Waals surface area contributed by atoms with Crippen molar-refractivity contribution in [2.45, 2.75) is 25.7 Å². The molecule has 0 radical (unpaired) electrons. The monoisotopic (exact) mass is 445 g/mol. The van der Waals surface area contributed by atoms with Crippen molar-refractivity contribution in [2.24, 2.45) is 0 Å². The number of anilines is 1. The molecule has 0 saturated heterocycles. The van der Waals surface area contributed by atoms with Crippen molar-refractivity contribution in [1.82, 2.24) is 10.1 Å². The number of amides is 1. The smallest absolute Gasteiger partial charge is 0.226 e. The molecule has 0 saturated carbocycles. The number of ether oxygens (including phenoxy) is 1. The third kappa shape index (κ3) is 6.49. The van der Waals surface area contributed by atoms with Gasteiger partial charge in [0.25, 0.3) is 0 Å². The lowest BCUT2D eigenvalue weighted by Crippen LogP contribution is -2.13. The van der Waals surface area contributed by atoms with Gasteiger partial charge in [0.05, 0.1) is 12.3 Å². The van der Waals surface area contributed by atoms with Gasteiger partial charge in [0.1, 0.15) is 11.6 Å². The molecular weight excluding hydrogens is 421 g/mol. The molecule has 7 heteroatoms. The number of aryl methyl sites for hydroxylation is 1. The number of benzene rings is 3. The molecule has 3 aromatic carbocycles. The Balaban J connectivity index is 1.24. The molecule has 1 N–H and O–H groups in total. The molecule has 4 rings (SSSR count). The van der Waals surface area contributed by atoms with Crippen LogP contribution >= 0.6 is 0 Å². The molecule has 0 aliphatic rings. The Bertz CT molecular complexity index is 1180. The van der Waals surface area contributed by atoms with E-state index in [1.54, 1.807) is 12.1 Å². The molecule has 168 valence electrons. The van der Waals surface area contributed by atoms with E-state index >= 15 is 0 Å². The summed E-state index contributed by atoms with van der Waals surface area (Å²) >= 11 is 0. The van der Waals surface area contributed by atoms with Crippen LogP contribution in [0.15, 0.2) is 83.4 Å². The number of hydrogen-bond acceptors (Lipinski definition) is 5. The topological polar surface area (TPSA) is 77.2 Å². The summed E-state index contributed by atoms with van der Waals surface area (Å²) < 4.78 is 24.2. The minimum Gasteiger partial charge on any atom is -0.491 e. The first-order valence-electron chi connectivity index (χ1n) is 10.8. The van der Waals surface area contributed by atoms with Crippen molar-refractivity contribution in [1.29, 1.82) is 0 Å². The highest BCUT2D eigenvalue weighted by molar-refractivity contribution is 5.92. The molecule has 1 heterocycles. The first-order valence-corrected chi connectivity index (χ1v) is 10.8. The van der Waals surface area contributed by atoms with Gasteiger partial charge in [-0.2, -0.15) is 4.98 Å². The van der Waals surface area contributed by atoms with Crippen LogP contribution in [0, 0.1) is 5.82 Å². The van der Waals surface area contributed by atoms with E-state index in [9.17, 15) is 9.18 Å². The van der Waals surface area contributed by atoms with Crippen LogP contribution in [-0.4, -0.2) is 22.7 Å². The number of hydrogen-bond donors (Lipinski definition) is 1. The van der Waals surface area contributed by atoms with E-state index in [-0.39, 0.29) is 11.7 Å². The Morgan fingerprint density at radius 1 is 0.939 bits per heavy atom. The van der Waals surface area contributed by atoms with Gasteiger partial charge in [-0.3, -0.25) is 4.79 Å². The predicted octanol–water partition coefficient (Wildman–Crippen LogP) is 5.46. The molecule has 0 aliphatic carbocycles. The quantitative estimate of drug-likeness (QED) is 0.351. The first kappa shape index (κ1) is 22.2. The minimum absolute atomic E-state index is 0.118. The number of aromatic nitrogens is 2. The number of carbonyl (C=O) groups is 1. The zero-order valence-electron chi connectivity index (χ0n) is 18.0. The maximum absolute atomic E-state index is 13.1. The van der Waals surface area contributed by atoms with Crippen LogP contribution in [0.2, 0.25) is 0 Å². The number of nitrogens with one attached hydrogen (secondary N) is 1. The number of rotatable bonds is 10. The maximum atomic E-state index is 13.1. The fraction of sp³-hybridized carbons (Fsp3) is 0.192. The third-order valence-corrected chi connectivity index (χ3v) is 5.02. The van der Waals surface area contributed by atoms with E-state index in [2.05, 4.69) is 27.6 Å². The minimum atomic E-state index is -0.323. The maximum Gasteiger partial charge on any atom is 0.226 e. The van der Waals surface area contributed by atoms with Gasteiger partial charge >= 0.3 is 0 Å². The van der Waals surface area contributed by atoms with Gasteiger partial charge in [-0.05, 0) is 48.4 Å². The van der Waals surface area contributed by atoms with Gasteiger partial charge in [-0.1, -0.05) is 47.6 Å².